The summed E-state index contributed by atoms with van der Waals surface area (Å²) in [5.41, 5.74) is 0.282. The number of unbranched alkanes of at least 4 members (excludes halogenated alkanes) is 4. The fourth-order valence-electron chi connectivity index (χ4n) is 10.9. The molecule has 4 aliphatic rings. The van der Waals surface area contributed by atoms with Gasteiger partial charge in [-0.2, -0.15) is 0 Å². The summed E-state index contributed by atoms with van der Waals surface area (Å²) in [4.78, 5) is 40.7. The molecule has 5 nitrogen and oxygen atoms in total. The van der Waals surface area contributed by atoms with Crippen LogP contribution in [-0.2, 0) is 19.1 Å². The predicted molar refractivity (Wildman–Crippen MR) is 190 cm³/mol. The van der Waals surface area contributed by atoms with Gasteiger partial charge in [-0.1, -0.05) is 67.2 Å². The van der Waals surface area contributed by atoms with Crippen LogP contribution in [0, 0.1) is 52.3 Å². The van der Waals surface area contributed by atoms with Crippen molar-refractivity contribution < 1.29 is 19.1 Å². The number of hydrogen-bond donors (Lipinski definition) is 1. The highest BCUT2D eigenvalue weighted by molar-refractivity contribution is 9.11. The number of amides is 1. The molecule has 0 spiro atoms. The number of ketones is 1. The monoisotopic (exact) mass is 717 g/mol. The van der Waals surface area contributed by atoms with Crippen molar-refractivity contribution in [2.75, 3.05) is 0 Å². The quantitative estimate of drug-likeness (QED) is 0.163. The van der Waals surface area contributed by atoms with Crippen molar-refractivity contribution in [1.29, 1.82) is 0 Å². The van der Waals surface area contributed by atoms with Crippen LogP contribution in [0.2, 0.25) is 0 Å². The van der Waals surface area contributed by atoms with Crippen LogP contribution in [0.3, 0.4) is 0 Å². The first-order valence-electron chi connectivity index (χ1n) is 18.6. The second-order valence-corrected chi connectivity index (χ2v) is 19.0. The molecule has 258 valence electrons. The van der Waals surface area contributed by atoms with Crippen LogP contribution >= 0.6 is 27.3 Å². The second kappa shape index (κ2) is 15.1. The molecule has 4 saturated carbocycles. The van der Waals surface area contributed by atoms with Gasteiger partial charge in [0.25, 0.3) is 0 Å². The van der Waals surface area contributed by atoms with Crippen LogP contribution in [0.15, 0.2) is 15.9 Å². The second-order valence-electron chi connectivity index (χ2n) is 16.5. The SMILES string of the molecule is CCCCCCCC(=O)O[C@@H]1CC2CC(=O)CCC2(C)[C@H]2CCC3(C)C([C@H](C)CC(=O)NC(c4ccc(Br)s4)C(C)C)CC[C@H]3C12. The lowest BCUT2D eigenvalue weighted by molar-refractivity contribution is -0.191. The van der Waals surface area contributed by atoms with Gasteiger partial charge in [0.2, 0.25) is 5.91 Å². The van der Waals surface area contributed by atoms with Gasteiger partial charge in [-0.3, -0.25) is 14.4 Å². The minimum Gasteiger partial charge on any atom is -0.462 e. The first-order chi connectivity index (χ1) is 21.9. The summed E-state index contributed by atoms with van der Waals surface area (Å²) in [6.07, 6.45) is 14.4. The van der Waals surface area contributed by atoms with Crippen molar-refractivity contribution in [2.24, 2.45) is 52.3 Å². The maximum Gasteiger partial charge on any atom is 0.306 e. The normalized spacial score (nSPS) is 35.2. The van der Waals surface area contributed by atoms with Gasteiger partial charge in [-0.15, -0.1) is 11.3 Å². The van der Waals surface area contributed by atoms with E-state index in [1.807, 2.05) is 0 Å². The molecule has 0 bridgehead atoms. The summed E-state index contributed by atoms with van der Waals surface area (Å²) in [6.45, 7) is 13.8. The Kier molecular flexibility index (Phi) is 11.9. The van der Waals surface area contributed by atoms with Gasteiger partial charge >= 0.3 is 5.97 Å². The molecule has 7 heteroatoms. The minimum absolute atomic E-state index is 0.0266. The Morgan fingerprint density at radius 2 is 1.76 bits per heavy atom. The molecule has 1 N–H and O–H groups in total. The molecule has 1 aromatic heterocycles. The molecule has 6 unspecified atom stereocenters. The van der Waals surface area contributed by atoms with Gasteiger partial charge in [0.1, 0.15) is 11.9 Å². The van der Waals surface area contributed by atoms with Crippen LogP contribution in [0.25, 0.3) is 0 Å². The zero-order chi connectivity index (χ0) is 33.2. The maximum atomic E-state index is 13.5. The Hall–Kier alpha value is -1.21. The topological polar surface area (TPSA) is 72.5 Å². The van der Waals surface area contributed by atoms with Gasteiger partial charge in [-0.05, 0) is 119 Å². The van der Waals surface area contributed by atoms with E-state index >= 15 is 0 Å². The molecule has 46 heavy (non-hydrogen) atoms. The Morgan fingerprint density at radius 3 is 2.46 bits per heavy atom. The van der Waals surface area contributed by atoms with Crippen LogP contribution in [0.1, 0.15) is 149 Å². The number of Topliss-reactive ketones (excluding diaryl/α,β-unsaturated/α-hetero) is 1. The molecule has 0 aliphatic heterocycles. The number of rotatable bonds is 13. The molecular weight excluding hydrogens is 658 g/mol. The molecule has 4 fully saturated rings. The summed E-state index contributed by atoms with van der Waals surface area (Å²) in [7, 11) is 0. The smallest absolute Gasteiger partial charge is 0.306 e. The Morgan fingerprint density at radius 1 is 1.02 bits per heavy atom. The molecule has 1 aromatic rings. The fraction of sp³-hybridized carbons (Fsp3) is 0.821. The van der Waals surface area contributed by atoms with E-state index in [9.17, 15) is 14.4 Å². The summed E-state index contributed by atoms with van der Waals surface area (Å²) < 4.78 is 7.60. The Balaban J connectivity index is 1.30. The lowest BCUT2D eigenvalue weighted by atomic mass is 9.43. The molecule has 0 radical (unpaired) electrons. The molecule has 10 atom stereocenters. The number of carbonyl (C=O) groups excluding carboxylic acids is 3. The third-order valence-electron chi connectivity index (χ3n) is 13.4. The molecule has 1 heterocycles. The lowest BCUT2D eigenvalue weighted by Crippen LogP contribution is -2.59. The highest BCUT2D eigenvalue weighted by atomic mass is 79.9. The van der Waals surface area contributed by atoms with Crippen LogP contribution in [0.5, 0.6) is 0 Å². The predicted octanol–water partition coefficient (Wildman–Crippen LogP) is 10.5. The van der Waals surface area contributed by atoms with Gasteiger partial charge in [0.15, 0.2) is 0 Å². The first kappa shape index (κ1) is 36.1. The third kappa shape index (κ3) is 7.50. The van der Waals surface area contributed by atoms with E-state index in [1.165, 1.54) is 30.6 Å². The zero-order valence-corrected chi connectivity index (χ0v) is 31.8. The van der Waals surface area contributed by atoms with E-state index in [2.05, 4.69) is 74.9 Å². The number of carbonyl (C=O) groups is 3. The molecular formula is C39H60BrNO4S. The lowest BCUT2D eigenvalue weighted by Gasteiger charge is -2.62. The highest BCUT2D eigenvalue weighted by Gasteiger charge is 2.64. The number of nitrogens with one attached hydrogen (secondary N) is 1. The van der Waals surface area contributed by atoms with Gasteiger partial charge in [0, 0.05) is 36.5 Å². The minimum atomic E-state index is -0.0870. The summed E-state index contributed by atoms with van der Waals surface area (Å²) >= 11 is 5.29. The van der Waals surface area contributed by atoms with Gasteiger partial charge in [0.05, 0.1) is 9.83 Å². The van der Waals surface area contributed by atoms with Crippen molar-refractivity contribution in [3.63, 3.8) is 0 Å². The van der Waals surface area contributed by atoms with E-state index in [-0.39, 0.29) is 40.8 Å². The van der Waals surface area contributed by atoms with Crippen LogP contribution in [-0.4, -0.2) is 23.8 Å². The number of fused-ring (bicyclic) bond motifs is 5. The average molecular weight is 719 g/mol. The number of thiophene rings is 1. The molecule has 5 rings (SSSR count). The average Bonchev–Trinajstić information content (AvgIpc) is 3.59. The van der Waals surface area contributed by atoms with Crippen molar-refractivity contribution in [3.8, 4) is 0 Å². The fourth-order valence-corrected chi connectivity index (χ4v) is 12.6. The summed E-state index contributed by atoms with van der Waals surface area (Å²) in [6, 6.07) is 4.22. The van der Waals surface area contributed by atoms with E-state index < -0.39 is 0 Å². The highest BCUT2D eigenvalue weighted by Crippen LogP contribution is 2.68. The zero-order valence-electron chi connectivity index (χ0n) is 29.4. The van der Waals surface area contributed by atoms with E-state index in [0.29, 0.717) is 67.0 Å². The van der Waals surface area contributed by atoms with Crippen molar-refractivity contribution in [2.45, 2.75) is 150 Å². The molecule has 0 aromatic carbocycles. The van der Waals surface area contributed by atoms with Crippen LogP contribution in [0.4, 0.5) is 0 Å². The summed E-state index contributed by atoms with van der Waals surface area (Å²) in [5.74, 6) is 3.25. The van der Waals surface area contributed by atoms with Crippen molar-refractivity contribution >= 4 is 44.9 Å². The Labute approximate surface area is 291 Å². The summed E-state index contributed by atoms with van der Waals surface area (Å²) in [5, 5.41) is 3.39. The maximum absolute atomic E-state index is 13.5. The van der Waals surface area contributed by atoms with Crippen LogP contribution < -0.4 is 5.32 Å². The third-order valence-corrected chi connectivity index (χ3v) is 15.1. The molecule has 4 aliphatic carbocycles. The molecule has 0 saturated heterocycles. The van der Waals surface area contributed by atoms with Crippen molar-refractivity contribution in [3.05, 3.63) is 20.8 Å². The van der Waals surface area contributed by atoms with E-state index in [0.717, 1.165) is 48.7 Å². The van der Waals surface area contributed by atoms with Gasteiger partial charge < -0.3 is 10.1 Å². The van der Waals surface area contributed by atoms with E-state index in [4.69, 9.17) is 4.74 Å². The number of hydrogen-bond acceptors (Lipinski definition) is 5. The van der Waals surface area contributed by atoms with Crippen molar-refractivity contribution in [1.82, 2.24) is 5.32 Å². The molecule has 1 amide bonds. The standard InChI is InChI=1S/C39H60BrNO4S/c1-7-8-9-10-11-12-35(44)45-31-23-26-22-27(42)17-19-38(26,5)30-18-20-39(6)28(13-14-29(39)36(30)31)25(4)21-34(43)41-37(24(2)3)32-15-16-33(40)46-32/h15-16,24-26,28-31,36-37H,7-14,17-23H2,1-6H3,(H,41,43)/t25-,26?,28?,29+,30+,31-,36?,37?,38?,39?/m1/s1. The largest absolute Gasteiger partial charge is 0.462 e. The van der Waals surface area contributed by atoms with E-state index in [1.54, 1.807) is 11.3 Å². The number of ether oxygens (including phenoxy) is 1. The first-order valence-corrected chi connectivity index (χ1v) is 20.2. The number of halogens is 1. The Bertz CT molecular complexity index is 1230. The number of esters is 1. The van der Waals surface area contributed by atoms with Gasteiger partial charge in [-0.25, -0.2) is 0 Å².